The van der Waals surface area contributed by atoms with Gasteiger partial charge in [-0.3, -0.25) is 14.4 Å². The summed E-state index contributed by atoms with van der Waals surface area (Å²) in [7, 11) is 0. The van der Waals surface area contributed by atoms with Gasteiger partial charge in [0.25, 0.3) is 5.91 Å². The zero-order valence-electron chi connectivity index (χ0n) is 17.1. The molecule has 0 fully saturated rings. The Morgan fingerprint density at radius 3 is 2.72 bits per heavy atom. The molecule has 0 bridgehead atoms. The molecule has 5 aromatic rings. The average molecular weight is 443 g/mol. The molecule has 7 nitrogen and oxygen atoms in total. The van der Waals surface area contributed by atoms with Crippen LogP contribution in [0.4, 0.5) is 5.69 Å². The molecule has 3 aromatic carbocycles. The lowest BCUT2D eigenvalue weighted by Crippen LogP contribution is -2.36. The van der Waals surface area contributed by atoms with Crippen LogP contribution in [0, 0.1) is 0 Å². The van der Waals surface area contributed by atoms with Gasteiger partial charge in [0.2, 0.25) is 0 Å². The van der Waals surface area contributed by atoms with Gasteiger partial charge in [-0.05, 0) is 49.4 Å². The Kier molecular flexibility index (Phi) is 4.91. The summed E-state index contributed by atoms with van der Waals surface area (Å²) >= 11 is 1.60. The molecule has 2 aromatic heterocycles. The number of hydrogen-bond donors (Lipinski definition) is 2. The number of para-hydroxylation sites is 1. The number of amides is 1. The maximum absolute atomic E-state index is 12.9. The van der Waals surface area contributed by atoms with Gasteiger partial charge in [0, 0.05) is 23.4 Å². The van der Waals surface area contributed by atoms with Gasteiger partial charge in [0.05, 0.1) is 21.3 Å². The fourth-order valence-corrected chi connectivity index (χ4v) is 4.63. The number of aryl methyl sites for hydroxylation is 1. The van der Waals surface area contributed by atoms with Gasteiger partial charge in [-0.25, -0.2) is 4.98 Å². The van der Waals surface area contributed by atoms with E-state index in [1.165, 1.54) is 4.57 Å². The highest BCUT2D eigenvalue weighted by molar-refractivity contribution is 7.21. The first-order valence-corrected chi connectivity index (χ1v) is 10.9. The predicted octanol–water partition coefficient (Wildman–Crippen LogP) is 4.24. The Hall–Kier alpha value is -4.04. The molecule has 2 heterocycles. The molecule has 5 rings (SSSR count). The third kappa shape index (κ3) is 3.50. The molecule has 2 N–H and O–H groups in total. The van der Waals surface area contributed by atoms with Crippen molar-refractivity contribution in [2.45, 2.75) is 13.5 Å². The van der Waals surface area contributed by atoms with E-state index in [2.05, 4.69) is 15.3 Å². The first-order valence-electron chi connectivity index (χ1n) is 10.1. The number of thiazole rings is 1. The minimum Gasteiger partial charge on any atom is -0.322 e. The number of aromatic amines is 1. The van der Waals surface area contributed by atoms with E-state index in [-0.39, 0.29) is 5.91 Å². The zero-order chi connectivity index (χ0) is 22.2. The molecule has 0 unspecified atom stereocenters. The highest BCUT2D eigenvalue weighted by Gasteiger charge is 2.12. The van der Waals surface area contributed by atoms with Gasteiger partial charge in [0.1, 0.15) is 5.01 Å². The summed E-state index contributed by atoms with van der Waals surface area (Å²) in [5.74, 6) is -0.316. The van der Waals surface area contributed by atoms with Crippen molar-refractivity contribution in [3.05, 3.63) is 93.0 Å². The lowest BCUT2D eigenvalue weighted by molar-refractivity contribution is 0.102. The van der Waals surface area contributed by atoms with Crippen LogP contribution in [0.1, 0.15) is 17.3 Å². The van der Waals surface area contributed by atoms with E-state index in [1.807, 2.05) is 48.5 Å². The van der Waals surface area contributed by atoms with Crippen LogP contribution in [-0.4, -0.2) is 20.4 Å². The van der Waals surface area contributed by atoms with Crippen LogP contribution in [0.3, 0.4) is 0 Å². The molecule has 1 amide bonds. The third-order valence-corrected chi connectivity index (χ3v) is 6.30. The number of aromatic nitrogens is 3. The van der Waals surface area contributed by atoms with Crippen molar-refractivity contribution in [3.63, 3.8) is 0 Å². The Labute approximate surface area is 186 Å². The van der Waals surface area contributed by atoms with Crippen molar-refractivity contribution in [3.8, 4) is 10.6 Å². The van der Waals surface area contributed by atoms with Crippen LogP contribution < -0.4 is 16.4 Å². The number of fused-ring (bicyclic) bond motifs is 2. The van der Waals surface area contributed by atoms with E-state index >= 15 is 0 Å². The standard InChI is InChI=1S/C24H18N4O3S/c1-2-28-19-11-10-14(13-18(19)26-22(30)24(28)31)21(29)25-16-7-5-6-15(12-16)23-27-17-8-3-4-9-20(17)32-23/h3-13H,2H2,1H3,(H,25,29)(H,26,30). The summed E-state index contributed by atoms with van der Waals surface area (Å²) in [6.45, 7) is 2.16. The SMILES string of the molecule is CCn1c(=O)c(=O)[nH]c2cc(C(=O)Nc3cccc(-c4nc5ccccc5s4)c3)ccc21. The van der Waals surface area contributed by atoms with E-state index < -0.39 is 11.1 Å². The zero-order valence-corrected chi connectivity index (χ0v) is 17.9. The lowest BCUT2D eigenvalue weighted by atomic mass is 10.1. The summed E-state index contributed by atoms with van der Waals surface area (Å²) in [5.41, 5.74) is 2.57. The molecule has 0 saturated heterocycles. The second-order valence-electron chi connectivity index (χ2n) is 7.26. The van der Waals surface area contributed by atoms with Crippen molar-refractivity contribution in [2.24, 2.45) is 0 Å². The number of carbonyl (C=O) groups is 1. The number of H-pyrrole nitrogens is 1. The van der Waals surface area contributed by atoms with Crippen molar-refractivity contribution in [1.29, 1.82) is 0 Å². The third-order valence-electron chi connectivity index (χ3n) is 5.21. The molecule has 8 heteroatoms. The van der Waals surface area contributed by atoms with Crippen molar-refractivity contribution < 1.29 is 4.79 Å². The number of nitrogens with zero attached hydrogens (tertiary/aromatic N) is 2. The van der Waals surface area contributed by atoms with Crippen LogP contribution in [0.15, 0.2) is 76.3 Å². The number of carbonyl (C=O) groups excluding carboxylic acids is 1. The van der Waals surface area contributed by atoms with Crippen LogP contribution in [0.2, 0.25) is 0 Å². The molecular weight excluding hydrogens is 424 g/mol. The minimum atomic E-state index is -0.708. The molecular formula is C24H18N4O3S. The molecule has 0 aliphatic carbocycles. The molecule has 158 valence electrons. The van der Waals surface area contributed by atoms with Gasteiger partial charge in [0.15, 0.2) is 0 Å². The first kappa shape index (κ1) is 19.9. The molecule has 0 aliphatic heterocycles. The number of benzene rings is 3. The van der Waals surface area contributed by atoms with Crippen LogP contribution in [-0.2, 0) is 6.54 Å². The van der Waals surface area contributed by atoms with E-state index in [1.54, 1.807) is 36.5 Å². The molecule has 0 atom stereocenters. The summed E-state index contributed by atoms with van der Waals surface area (Å²) in [4.78, 5) is 44.0. The topological polar surface area (TPSA) is 96.9 Å². The summed E-state index contributed by atoms with van der Waals surface area (Å²) < 4.78 is 2.49. The lowest BCUT2D eigenvalue weighted by Gasteiger charge is -2.10. The van der Waals surface area contributed by atoms with Crippen molar-refractivity contribution in [1.82, 2.24) is 14.5 Å². The predicted molar refractivity (Wildman–Crippen MR) is 128 cm³/mol. The monoisotopic (exact) mass is 442 g/mol. The Balaban J connectivity index is 1.45. The molecule has 0 radical (unpaired) electrons. The quantitative estimate of drug-likeness (QED) is 0.407. The number of nitrogens with one attached hydrogen (secondary N) is 2. The summed E-state index contributed by atoms with van der Waals surface area (Å²) in [5, 5.41) is 3.78. The van der Waals surface area contributed by atoms with E-state index in [4.69, 9.17) is 0 Å². The Bertz CT molecular complexity index is 1580. The van der Waals surface area contributed by atoms with Crippen molar-refractivity contribution >= 4 is 44.2 Å². The largest absolute Gasteiger partial charge is 0.322 e. The van der Waals surface area contributed by atoms with E-state index in [0.29, 0.717) is 28.8 Å². The molecule has 0 saturated carbocycles. The van der Waals surface area contributed by atoms with E-state index in [9.17, 15) is 14.4 Å². The van der Waals surface area contributed by atoms with Crippen molar-refractivity contribution in [2.75, 3.05) is 5.32 Å². The maximum Gasteiger partial charge on any atom is 0.316 e. The van der Waals surface area contributed by atoms with Gasteiger partial charge >= 0.3 is 11.1 Å². The van der Waals surface area contributed by atoms with Crippen LogP contribution >= 0.6 is 11.3 Å². The van der Waals surface area contributed by atoms with Crippen LogP contribution in [0.5, 0.6) is 0 Å². The normalized spacial score (nSPS) is 11.2. The second kappa shape index (κ2) is 7.90. The number of rotatable bonds is 4. The fraction of sp³-hybridized carbons (Fsp3) is 0.0833. The van der Waals surface area contributed by atoms with Gasteiger partial charge in [-0.1, -0.05) is 24.3 Å². The van der Waals surface area contributed by atoms with Crippen LogP contribution in [0.25, 0.3) is 31.8 Å². The highest BCUT2D eigenvalue weighted by Crippen LogP contribution is 2.31. The van der Waals surface area contributed by atoms with Gasteiger partial charge in [-0.2, -0.15) is 0 Å². The second-order valence-corrected chi connectivity index (χ2v) is 8.29. The summed E-state index contributed by atoms with van der Waals surface area (Å²) in [6, 6.07) is 20.4. The fourth-order valence-electron chi connectivity index (χ4n) is 3.66. The van der Waals surface area contributed by atoms with E-state index in [0.717, 1.165) is 20.8 Å². The maximum atomic E-state index is 12.9. The molecule has 32 heavy (non-hydrogen) atoms. The highest BCUT2D eigenvalue weighted by atomic mass is 32.1. The van der Waals surface area contributed by atoms with Gasteiger partial charge < -0.3 is 14.9 Å². The average Bonchev–Trinajstić information content (AvgIpc) is 3.24. The summed E-state index contributed by atoms with van der Waals surface area (Å²) in [6.07, 6.45) is 0. The number of anilines is 1. The van der Waals surface area contributed by atoms with Gasteiger partial charge in [-0.15, -0.1) is 11.3 Å². The smallest absolute Gasteiger partial charge is 0.316 e. The minimum absolute atomic E-state index is 0.316. The number of hydrogen-bond acceptors (Lipinski definition) is 5. The molecule has 0 aliphatic rings. The Morgan fingerprint density at radius 2 is 1.91 bits per heavy atom. The first-order chi connectivity index (χ1) is 15.5. The molecule has 0 spiro atoms. The Morgan fingerprint density at radius 1 is 1.06 bits per heavy atom.